The second-order valence-electron chi connectivity index (χ2n) is 6.89. The fourth-order valence-corrected chi connectivity index (χ4v) is 4.34. The van der Waals surface area contributed by atoms with Crippen LogP contribution in [0, 0.1) is 11.8 Å². The fraction of sp³-hybridized carbons (Fsp3) is 0.421. The van der Waals surface area contributed by atoms with E-state index < -0.39 is 0 Å². The first-order chi connectivity index (χ1) is 11.7. The van der Waals surface area contributed by atoms with E-state index in [2.05, 4.69) is 44.0 Å². The van der Waals surface area contributed by atoms with Gasteiger partial charge in [-0.3, -0.25) is 9.69 Å². The zero-order chi connectivity index (χ0) is 16.5. The predicted molar refractivity (Wildman–Crippen MR) is 90.9 cm³/mol. The topological polar surface area (TPSA) is 49.3 Å². The molecule has 2 saturated heterocycles. The molecule has 0 bridgehead atoms. The highest BCUT2D eigenvalue weighted by Gasteiger charge is 2.48. The lowest BCUT2D eigenvalue weighted by Gasteiger charge is -2.29. The van der Waals surface area contributed by atoms with Gasteiger partial charge in [0, 0.05) is 57.0 Å². The van der Waals surface area contributed by atoms with E-state index in [-0.39, 0.29) is 11.9 Å². The smallest absolute Gasteiger partial charge is 0.219 e. The molecule has 24 heavy (non-hydrogen) atoms. The number of hydrogen-bond donors (Lipinski definition) is 0. The first kappa shape index (κ1) is 15.3. The second-order valence-corrected chi connectivity index (χ2v) is 6.89. The number of carbonyl (C=O) groups is 1. The molecule has 1 amide bonds. The highest BCUT2D eigenvalue weighted by molar-refractivity contribution is 5.74. The van der Waals surface area contributed by atoms with Crippen LogP contribution >= 0.6 is 0 Å². The van der Waals surface area contributed by atoms with Crippen molar-refractivity contribution in [2.45, 2.75) is 19.5 Å². The van der Waals surface area contributed by atoms with Gasteiger partial charge in [-0.1, -0.05) is 30.3 Å². The van der Waals surface area contributed by atoms with Gasteiger partial charge in [-0.15, -0.1) is 0 Å². The van der Waals surface area contributed by atoms with Crippen LogP contribution in [-0.2, 0) is 11.3 Å². The first-order valence-corrected chi connectivity index (χ1v) is 8.51. The van der Waals surface area contributed by atoms with E-state index in [4.69, 9.17) is 0 Å². The minimum Gasteiger partial charge on any atom is -0.335 e. The molecule has 5 heteroatoms. The summed E-state index contributed by atoms with van der Waals surface area (Å²) in [5, 5.41) is 0. The molecular formula is C19H22N4O. The molecule has 0 spiro atoms. The van der Waals surface area contributed by atoms with E-state index in [1.54, 1.807) is 13.3 Å². The largest absolute Gasteiger partial charge is 0.335 e. The maximum atomic E-state index is 12.1. The van der Waals surface area contributed by atoms with Crippen LogP contribution in [0.4, 0.5) is 0 Å². The molecule has 3 heterocycles. The molecule has 0 N–H and O–H groups in total. The van der Waals surface area contributed by atoms with Crippen LogP contribution < -0.4 is 0 Å². The van der Waals surface area contributed by atoms with Crippen LogP contribution in [0.1, 0.15) is 24.1 Å². The van der Waals surface area contributed by atoms with Gasteiger partial charge in [0.1, 0.15) is 6.33 Å². The Morgan fingerprint density at radius 2 is 1.88 bits per heavy atom. The van der Waals surface area contributed by atoms with Gasteiger partial charge in [-0.2, -0.15) is 0 Å². The van der Waals surface area contributed by atoms with Crippen molar-refractivity contribution in [2.75, 3.05) is 19.6 Å². The summed E-state index contributed by atoms with van der Waals surface area (Å²) in [6.45, 7) is 5.49. The number of hydrogen-bond acceptors (Lipinski definition) is 4. The number of amides is 1. The average Bonchev–Trinajstić information content (AvgIpc) is 3.13. The minimum atomic E-state index is 0.182. The van der Waals surface area contributed by atoms with E-state index in [9.17, 15) is 4.79 Å². The Labute approximate surface area is 142 Å². The van der Waals surface area contributed by atoms with Gasteiger partial charge < -0.3 is 4.90 Å². The van der Waals surface area contributed by atoms with Crippen molar-refractivity contribution < 1.29 is 4.79 Å². The van der Waals surface area contributed by atoms with Gasteiger partial charge in [0.25, 0.3) is 0 Å². The van der Waals surface area contributed by atoms with E-state index >= 15 is 0 Å². The van der Waals surface area contributed by atoms with Gasteiger partial charge in [0.2, 0.25) is 5.91 Å². The molecular weight excluding hydrogens is 300 g/mol. The molecule has 2 aliphatic rings. The molecule has 1 aromatic heterocycles. The molecule has 0 radical (unpaired) electrons. The van der Waals surface area contributed by atoms with Gasteiger partial charge in [0.05, 0.1) is 6.04 Å². The summed E-state index contributed by atoms with van der Waals surface area (Å²) in [4.78, 5) is 24.9. The molecule has 1 aromatic carbocycles. The lowest BCUT2D eigenvalue weighted by Crippen LogP contribution is -2.34. The van der Waals surface area contributed by atoms with Crippen LogP contribution in [0.25, 0.3) is 0 Å². The monoisotopic (exact) mass is 322 g/mol. The van der Waals surface area contributed by atoms with Crippen LogP contribution in [0.15, 0.2) is 49.1 Å². The Bertz CT molecular complexity index is 706. The van der Waals surface area contributed by atoms with E-state index in [0.29, 0.717) is 11.8 Å². The Morgan fingerprint density at radius 3 is 2.58 bits per heavy atom. The SMILES string of the molecule is CC(=O)N1C[C@H]2CN(Cc3cncnc3)C[C@H]2[C@@H]1c1ccccc1. The first-order valence-electron chi connectivity index (χ1n) is 8.51. The molecule has 124 valence electrons. The summed E-state index contributed by atoms with van der Waals surface area (Å²) in [5.41, 5.74) is 2.40. The second kappa shape index (κ2) is 6.32. The number of carbonyl (C=O) groups excluding carboxylic acids is 1. The number of rotatable bonds is 3. The van der Waals surface area contributed by atoms with Crippen molar-refractivity contribution in [3.63, 3.8) is 0 Å². The van der Waals surface area contributed by atoms with Gasteiger partial charge in [0.15, 0.2) is 0 Å². The van der Waals surface area contributed by atoms with Crippen molar-refractivity contribution in [2.24, 2.45) is 11.8 Å². The lowest BCUT2D eigenvalue weighted by molar-refractivity contribution is -0.130. The van der Waals surface area contributed by atoms with Gasteiger partial charge in [-0.05, 0) is 11.5 Å². The lowest BCUT2D eigenvalue weighted by atomic mass is 9.89. The number of nitrogens with zero attached hydrogens (tertiary/aromatic N) is 4. The number of fused-ring (bicyclic) bond motifs is 1. The molecule has 2 aliphatic heterocycles. The third-order valence-electron chi connectivity index (χ3n) is 5.31. The van der Waals surface area contributed by atoms with Crippen molar-refractivity contribution in [3.8, 4) is 0 Å². The van der Waals surface area contributed by atoms with Gasteiger partial charge in [-0.25, -0.2) is 9.97 Å². The summed E-state index contributed by atoms with van der Waals surface area (Å²) < 4.78 is 0. The minimum absolute atomic E-state index is 0.182. The Kier molecular flexibility index (Phi) is 4.02. The highest BCUT2D eigenvalue weighted by Crippen LogP contribution is 2.45. The average molecular weight is 322 g/mol. The number of benzene rings is 1. The summed E-state index contributed by atoms with van der Waals surface area (Å²) in [5.74, 6) is 1.23. The Balaban J connectivity index is 1.54. The molecule has 0 saturated carbocycles. The van der Waals surface area contributed by atoms with Crippen molar-refractivity contribution in [1.82, 2.24) is 19.8 Å². The van der Waals surface area contributed by atoms with Crippen molar-refractivity contribution in [3.05, 3.63) is 60.2 Å². The van der Waals surface area contributed by atoms with Crippen LogP contribution in [0.3, 0.4) is 0 Å². The van der Waals surface area contributed by atoms with Crippen LogP contribution in [0.5, 0.6) is 0 Å². The van der Waals surface area contributed by atoms with E-state index in [1.165, 1.54) is 5.56 Å². The third-order valence-corrected chi connectivity index (χ3v) is 5.31. The molecule has 0 aliphatic carbocycles. The number of aromatic nitrogens is 2. The third kappa shape index (κ3) is 2.80. The zero-order valence-electron chi connectivity index (χ0n) is 13.9. The van der Waals surface area contributed by atoms with Gasteiger partial charge >= 0.3 is 0 Å². The van der Waals surface area contributed by atoms with Crippen LogP contribution in [0.2, 0.25) is 0 Å². The standard InChI is InChI=1S/C19H22N4O/c1-14(24)23-11-17-10-22(9-15-7-20-13-21-8-15)12-18(17)19(23)16-5-3-2-4-6-16/h2-8,13,17-19H,9-12H2,1H3/t17-,18-,19+/m1/s1. The summed E-state index contributed by atoms with van der Waals surface area (Å²) >= 11 is 0. The molecule has 5 nitrogen and oxygen atoms in total. The maximum absolute atomic E-state index is 12.1. The van der Waals surface area contributed by atoms with E-state index in [1.807, 2.05) is 18.5 Å². The van der Waals surface area contributed by atoms with E-state index in [0.717, 1.165) is 31.7 Å². The number of likely N-dealkylation sites (tertiary alicyclic amines) is 2. The predicted octanol–water partition coefficient (Wildman–Crippen LogP) is 2.13. The quantitative estimate of drug-likeness (QED) is 0.868. The summed E-state index contributed by atoms with van der Waals surface area (Å²) in [7, 11) is 0. The molecule has 2 fully saturated rings. The molecule has 0 unspecified atom stereocenters. The van der Waals surface area contributed by atoms with Crippen LogP contribution in [-0.4, -0.2) is 45.3 Å². The molecule has 2 aromatic rings. The molecule has 4 rings (SSSR count). The maximum Gasteiger partial charge on any atom is 0.219 e. The molecule has 3 atom stereocenters. The zero-order valence-corrected chi connectivity index (χ0v) is 13.9. The van der Waals surface area contributed by atoms with Crippen molar-refractivity contribution >= 4 is 5.91 Å². The Morgan fingerprint density at radius 1 is 1.12 bits per heavy atom. The summed E-state index contributed by atoms with van der Waals surface area (Å²) in [6, 6.07) is 10.7. The summed E-state index contributed by atoms with van der Waals surface area (Å²) in [6.07, 6.45) is 5.34. The fourth-order valence-electron chi connectivity index (χ4n) is 4.34. The van der Waals surface area contributed by atoms with Crippen molar-refractivity contribution in [1.29, 1.82) is 0 Å². The Hall–Kier alpha value is -2.27. The highest BCUT2D eigenvalue weighted by atomic mass is 16.2. The normalized spacial score (nSPS) is 26.5.